The first-order chi connectivity index (χ1) is 10.3. The first-order valence-corrected chi connectivity index (χ1v) is 9.73. The summed E-state index contributed by atoms with van der Waals surface area (Å²) in [6.07, 6.45) is 1.02. The maximum atomic E-state index is 6.03. The van der Waals surface area contributed by atoms with Crippen molar-refractivity contribution in [1.29, 1.82) is 0 Å². The molecule has 0 amide bonds. The van der Waals surface area contributed by atoms with Gasteiger partial charge in [-0.1, -0.05) is 37.3 Å². The fourth-order valence-corrected chi connectivity index (χ4v) is 4.63. The van der Waals surface area contributed by atoms with E-state index >= 15 is 0 Å². The van der Waals surface area contributed by atoms with E-state index in [1.54, 1.807) is 0 Å². The lowest BCUT2D eigenvalue weighted by molar-refractivity contribution is 0.0334. The maximum absolute atomic E-state index is 6.03. The molecule has 0 aliphatic heterocycles. The Balaban J connectivity index is 2.63. The summed E-state index contributed by atoms with van der Waals surface area (Å²) in [6.45, 7) is 9.08. The van der Waals surface area contributed by atoms with E-state index < -0.39 is 8.80 Å². The fourth-order valence-electron chi connectivity index (χ4n) is 2.07. The highest BCUT2D eigenvalue weighted by Crippen LogP contribution is 2.17. The molecule has 0 unspecified atom stereocenters. The monoisotopic (exact) mass is 312 g/mol. The van der Waals surface area contributed by atoms with Crippen LogP contribution in [0.5, 0.6) is 0 Å². The van der Waals surface area contributed by atoms with Crippen LogP contribution >= 0.6 is 0 Å². The van der Waals surface area contributed by atoms with Gasteiger partial charge in [-0.2, -0.15) is 0 Å². The number of rotatable bonds is 12. The van der Waals surface area contributed by atoms with Gasteiger partial charge in [0.15, 0.2) is 0 Å². The SMILES string of the molecule is CCCOCCO[Si](Cc1ccccc1)(OCC)OCC. The number of hydrogen-bond donors (Lipinski definition) is 0. The number of ether oxygens (including phenoxy) is 1. The Labute approximate surface area is 129 Å². The third-order valence-electron chi connectivity index (χ3n) is 2.89. The van der Waals surface area contributed by atoms with Crippen LogP contribution in [-0.4, -0.2) is 41.8 Å². The molecule has 0 heterocycles. The highest BCUT2D eigenvalue weighted by atomic mass is 28.4. The van der Waals surface area contributed by atoms with E-state index in [1.165, 1.54) is 5.56 Å². The van der Waals surface area contributed by atoms with Gasteiger partial charge in [0.05, 0.1) is 13.2 Å². The predicted octanol–water partition coefficient (Wildman–Crippen LogP) is 3.22. The molecule has 120 valence electrons. The quantitative estimate of drug-likeness (QED) is 0.439. The Morgan fingerprint density at radius 2 is 1.48 bits per heavy atom. The molecule has 4 nitrogen and oxygen atoms in total. The summed E-state index contributed by atoms with van der Waals surface area (Å²) < 4.78 is 23.3. The largest absolute Gasteiger partial charge is 0.505 e. The molecule has 0 N–H and O–H groups in total. The van der Waals surface area contributed by atoms with Crippen LogP contribution in [0.3, 0.4) is 0 Å². The van der Waals surface area contributed by atoms with Crippen molar-refractivity contribution in [2.24, 2.45) is 0 Å². The van der Waals surface area contributed by atoms with Gasteiger partial charge in [-0.15, -0.1) is 0 Å². The van der Waals surface area contributed by atoms with Crippen LogP contribution in [0.2, 0.25) is 0 Å². The fraction of sp³-hybridized carbons (Fsp3) is 0.625. The van der Waals surface area contributed by atoms with Gasteiger partial charge in [-0.05, 0) is 25.8 Å². The zero-order valence-electron chi connectivity index (χ0n) is 13.5. The van der Waals surface area contributed by atoms with Crippen molar-refractivity contribution in [2.75, 3.05) is 33.0 Å². The molecule has 0 saturated carbocycles. The molecule has 0 aliphatic carbocycles. The Hall–Kier alpha value is -0.723. The van der Waals surface area contributed by atoms with Crippen molar-refractivity contribution >= 4 is 8.80 Å². The van der Waals surface area contributed by atoms with Gasteiger partial charge in [-0.3, -0.25) is 0 Å². The van der Waals surface area contributed by atoms with Crippen molar-refractivity contribution in [1.82, 2.24) is 0 Å². The van der Waals surface area contributed by atoms with Crippen LogP contribution in [0.15, 0.2) is 30.3 Å². The van der Waals surface area contributed by atoms with Gasteiger partial charge >= 0.3 is 8.80 Å². The average Bonchev–Trinajstić information content (AvgIpc) is 2.49. The molecule has 1 aromatic carbocycles. The van der Waals surface area contributed by atoms with E-state index in [2.05, 4.69) is 19.1 Å². The van der Waals surface area contributed by atoms with Crippen molar-refractivity contribution in [2.45, 2.75) is 33.2 Å². The zero-order valence-corrected chi connectivity index (χ0v) is 14.5. The molecular weight excluding hydrogens is 284 g/mol. The Morgan fingerprint density at radius 3 is 2.05 bits per heavy atom. The highest BCUT2D eigenvalue weighted by Gasteiger charge is 2.40. The van der Waals surface area contributed by atoms with E-state index in [4.69, 9.17) is 18.0 Å². The standard InChI is InChI=1S/C16H28O4Si/c1-4-12-17-13-14-20-21(18-5-2,19-6-3)15-16-10-8-7-9-11-16/h7-11H,4-6,12-15H2,1-3H3. The normalized spacial score (nSPS) is 11.8. The minimum absolute atomic E-state index is 0.513. The van der Waals surface area contributed by atoms with Crippen molar-refractivity contribution in [3.8, 4) is 0 Å². The summed E-state index contributed by atoms with van der Waals surface area (Å²) in [5.74, 6) is 0. The summed E-state index contributed by atoms with van der Waals surface area (Å²) >= 11 is 0. The first-order valence-electron chi connectivity index (χ1n) is 7.79. The van der Waals surface area contributed by atoms with Crippen molar-refractivity contribution < 1.29 is 18.0 Å². The molecule has 1 aromatic rings. The van der Waals surface area contributed by atoms with Crippen molar-refractivity contribution in [3.63, 3.8) is 0 Å². The summed E-state index contributed by atoms with van der Waals surface area (Å²) in [5.41, 5.74) is 1.18. The Kier molecular flexibility index (Phi) is 9.53. The van der Waals surface area contributed by atoms with E-state index in [0.717, 1.165) is 13.0 Å². The lowest BCUT2D eigenvalue weighted by atomic mass is 10.2. The molecule has 0 aromatic heterocycles. The van der Waals surface area contributed by atoms with E-state index in [0.29, 0.717) is 32.5 Å². The summed E-state index contributed by atoms with van der Waals surface area (Å²) in [7, 11) is -2.68. The summed E-state index contributed by atoms with van der Waals surface area (Å²) in [4.78, 5) is 0. The summed E-state index contributed by atoms with van der Waals surface area (Å²) in [6, 6.07) is 10.9. The maximum Gasteiger partial charge on any atom is 0.505 e. The van der Waals surface area contributed by atoms with Gasteiger partial charge in [-0.25, -0.2) is 0 Å². The second-order valence-electron chi connectivity index (χ2n) is 4.67. The molecule has 0 fully saturated rings. The van der Waals surface area contributed by atoms with Crippen LogP contribution in [0.4, 0.5) is 0 Å². The van der Waals surface area contributed by atoms with E-state index in [1.807, 2.05) is 32.0 Å². The van der Waals surface area contributed by atoms with Gasteiger partial charge in [0.1, 0.15) is 0 Å². The third-order valence-corrected chi connectivity index (χ3v) is 5.83. The molecule has 0 saturated heterocycles. The minimum Gasteiger partial charge on any atom is -0.379 e. The molecule has 1 rings (SSSR count). The lowest BCUT2D eigenvalue weighted by Crippen LogP contribution is -2.49. The van der Waals surface area contributed by atoms with Gasteiger partial charge < -0.3 is 18.0 Å². The van der Waals surface area contributed by atoms with Gasteiger partial charge in [0, 0.05) is 25.9 Å². The molecule has 0 radical (unpaired) electrons. The topological polar surface area (TPSA) is 36.9 Å². The Morgan fingerprint density at radius 1 is 0.810 bits per heavy atom. The van der Waals surface area contributed by atoms with Crippen LogP contribution < -0.4 is 0 Å². The smallest absolute Gasteiger partial charge is 0.379 e. The Bertz CT molecular complexity index is 353. The second kappa shape index (κ2) is 10.9. The van der Waals surface area contributed by atoms with Crippen molar-refractivity contribution in [3.05, 3.63) is 35.9 Å². The molecule has 5 heteroatoms. The number of hydrogen-bond acceptors (Lipinski definition) is 4. The van der Waals surface area contributed by atoms with E-state index in [-0.39, 0.29) is 0 Å². The van der Waals surface area contributed by atoms with E-state index in [9.17, 15) is 0 Å². The molecule has 0 spiro atoms. The van der Waals surface area contributed by atoms with Gasteiger partial charge in [0.2, 0.25) is 0 Å². The second-order valence-corrected chi connectivity index (χ2v) is 7.26. The molecular formula is C16H28O4Si. The third kappa shape index (κ3) is 7.20. The molecule has 0 atom stereocenters. The van der Waals surface area contributed by atoms with Gasteiger partial charge in [0.25, 0.3) is 0 Å². The molecule has 0 aliphatic rings. The molecule has 21 heavy (non-hydrogen) atoms. The lowest BCUT2D eigenvalue weighted by Gasteiger charge is -2.29. The molecule has 0 bridgehead atoms. The van der Waals surface area contributed by atoms with Crippen LogP contribution in [0.25, 0.3) is 0 Å². The van der Waals surface area contributed by atoms with Crippen LogP contribution in [0, 0.1) is 0 Å². The summed E-state index contributed by atoms with van der Waals surface area (Å²) in [5, 5.41) is 0. The minimum atomic E-state index is -2.68. The number of benzene rings is 1. The average molecular weight is 312 g/mol. The van der Waals surface area contributed by atoms with Crippen LogP contribution in [-0.2, 0) is 24.1 Å². The highest BCUT2D eigenvalue weighted by molar-refractivity contribution is 6.60. The zero-order chi connectivity index (χ0) is 15.4. The first kappa shape index (κ1) is 18.3. The predicted molar refractivity (Wildman–Crippen MR) is 86.2 cm³/mol. The van der Waals surface area contributed by atoms with Crippen LogP contribution in [0.1, 0.15) is 32.8 Å².